The van der Waals surface area contributed by atoms with Crippen LogP contribution in [0.5, 0.6) is 0 Å². The molecular formula is C14H18ClNO2S. The number of aliphatic hydroxyl groups is 1. The molecule has 0 aliphatic carbocycles. The summed E-state index contributed by atoms with van der Waals surface area (Å²) in [5.41, 5.74) is 0. The molecule has 1 amide bonds. The van der Waals surface area contributed by atoms with Crippen LogP contribution in [0, 0.1) is 5.92 Å². The van der Waals surface area contributed by atoms with Crippen molar-refractivity contribution in [2.75, 3.05) is 25.4 Å². The summed E-state index contributed by atoms with van der Waals surface area (Å²) in [5, 5.41) is 9.87. The number of carbonyl (C=O) groups is 1. The summed E-state index contributed by atoms with van der Waals surface area (Å²) in [5.74, 6) is 0.844. The van der Waals surface area contributed by atoms with Crippen LogP contribution in [-0.4, -0.2) is 41.4 Å². The molecule has 104 valence electrons. The van der Waals surface area contributed by atoms with Gasteiger partial charge < -0.3 is 10.0 Å². The second kappa shape index (κ2) is 7.17. The monoisotopic (exact) mass is 299 g/mol. The lowest BCUT2D eigenvalue weighted by Crippen LogP contribution is -2.41. The van der Waals surface area contributed by atoms with E-state index in [9.17, 15) is 4.79 Å². The molecule has 19 heavy (non-hydrogen) atoms. The summed E-state index contributed by atoms with van der Waals surface area (Å²) in [6.45, 7) is 1.68. The Morgan fingerprint density at radius 1 is 1.42 bits per heavy atom. The summed E-state index contributed by atoms with van der Waals surface area (Å²) >= 11 is 7.35. The van der Waals surface area contributed by atoms with Crippen molar-refractivity contribution in [2.45, 2.75) is 17.7 Å². The highest BCUT2D eigenvalue weighted by atomic mass is 35.5. The number of halogens is 1. The number of likely N-dealkylation sites (tertiary alicyclic amines) is 1. The number of nitrogens with zero attached hydrogens (tertiary/aromatic N) is 1. The van der Waals surface area contributed by atoms with Gasteiger partial charge in [-0.25, -0.2) is 0 Å². The molecule has 1 aromatic carbocycles. The maximum absolute atomic E-state index is 12.1. The fourth-order valence-electron chi connectivity index (χ4n) is 2.21. The van der Waals surface area contributed by atoms with E-state index in [0.717, 1.165) is 24.3 Å². The van der Waals surface area contributed by atoms with Crippen molar-refractivity contribution < 1.29 is 9.90 Å². The van der Waals surface area contributed by atoms with Crippen LogP contribution >= 0.6 is 23.4 Å². The Morgan fingerprint density at radius 2 is 2.16 bits per heavy atom. The highest BCUT2D eigenvalue weighted by Gasteiger charge is 2.22. The van der Waals surface area contributed by atoms with E-state index in [4.69, 9.17) is 16.7 Å². The summed E-state index contributed by atoms with van der Waals surface area (Å²) in [6.07, 6.45) is 2.01. The second-order valence-corrected chi connectivity index (χ2v) is 6.26. The van der Waals surface area contributed by atoms with Crippen molar-refractivity contribution in [3.8, 4) is 0 Å². The first-order chi connectivity index (χ1) is 9.19. The van der Waals surface area contributed by atoms with E-state index in [-0.39, 0.29) is 18.4 Å². The van der Waals surface area contributed by atoms with Gasteiger partial charge >= 0.3 is 0 Å². The third-order valence-corrected chi connectivity index (χ3v) is 4.55. The van der Waals surface area contributed by atoms with E-state index >= 15 is 0 Å². The predicted molar refractivity (Wildman–Crippen MR) is 78.6 cm³/mol. The van der Waals surface area contributed by atoms with Crippen LogP contribution in [0.3, 0.4) is 0 Å². The van der Waals surface area contributed by atoms with Crippen LogP contribution in [0.25, 0.3) is 0 Å². The van der Waals surface area contributed by atoms with Crippen LogP contribution in [0.15, 0.2) is 29.2 Å². The summed E-state index contributed by atoms with van der Waals surface area (Å²) in [6, 6.07) is 7.51. The van der Waals surface area contributed by atoms with Gasteiger partial charge in [0.05, 0.1) is 5.75 Å². The highest BCUT2D eigenvalue weighted by Crippen LogP contribution is 2.22. The number of carbonyl (C=O) groups excluding carboxylic acids is 1. The van der Waals surface area contributed by atoms with Crippen molar-refractivity contribution in [2.24, 2.45) is 5.92 Å². The number of aliphatic hydroxyl groups excluding tert-OH is 1. The van der Waals surface area contributed by atoms with Crippen LogP contribution in [0.4, 0.5) is 0 Å². The number of rotatable bonds is 4. The first kappa shape index (κ1) is 14.7. The molecule has 1 fully saturated rings. The van der Waals surface area contributed by atoms with Gasteiger partial charge in [-0.1, -0.05) is 11.6 Å². The van der Waals surface area contributed by atoms with Gasteiger partial charge in [-0.05, 0) is 43.0 Å². The van der Waals surface area contributed by atoms with E-state index < -0.39 is 0 Å². The second-order valence-electron chi connectivity index (χ2n) is 4.77. The molecule has 1 aliphatic rings. The Kier molecular flexibility index (Phi) is 5.55. The van der Waals surface area contributed by atoms with Crippen molar-refractivity contribution in [3.05, 3.63) is 29.3 Å². The van der Waals surface area contributed by atoms with Gasteiger partial charge in [-0.15, -0.1) is 11.8 Å². The van der Waals surface area contributed by atoms with Gasteiger partial charge in [0.25, 0.3) is 0 Å². The Labute approximate surface area is 122 Å². The maximum Gasteiger partial charge on any atom is 0.232 e. The maximum atomic E-state index is 12.1. The molecule has 1 N–H and O–H groups in total. The molecule has 5 heteroatoms. The van der Waals surface area contributed by atoms with E-state index in [1.54, 1.807) is 0 Å². The lowest BCUT2D eigenvalue weighted by atomic mass is 9.99. The predicted octanol–water partition coefficient (Wildman–Crippen LogP) is 2.66. The van der Waals surface area contributed by atoms with Gasteiger partial charge in [-0.3, -0.25) is 4.79 Å². The summed E-state index contributed by atoms with van der Waals surface area (Å²) < 4.78 is 0. The molecule has 1 heterocycles. The SMILES string of the molecule is O=C(CSc1ccc(Cl)cc1)N1CCCC(CO)C1. The number of amides is 1. The van der Waals surface area contributed by atoms with Crippen molar-refractivity contribution >= 4 is 29.3 Å². The Morgan fingerprint density at radius 3 is 2.84 bits per heavy atom. The topological polar surface area (TPSA) is 40.5 Å². The van der Waals surface area contributed by atoms with Gasteiger partial charge in [0.1, 0.15) is 0 Å². The fraction of sp³-hybridized carbons (Fsp3) is 0.500. The molecule has 1 saturated heterocycles. The number of hydrogen-bond acceptors (Lipinski definition) is 3. The Hall–Kier alpha value is -0.710. The first-order valence-electron chi connectivity index (χ1n) is 6.46. The molecule has 0 bridgehead atoms. The molecule has 2 rings (SSSR count). The van der Waals surface area contributed by atoms with Crippen LogP contribution in [0.2, 0.25) is 5.02 Å². The minimum Gasteiger partial charge on any atom is -0.396 e. The van der Waals surface area contributed by atoms with Crippen molar-refractivity contribution in [1.29, 1.82) is 0 Å². The Balaban J connectivity index is 1.82. The van der Waals surface area contributed by atoms with Crippen LogP contribution in [0.1, 0.15) is 12.8 Å². The van der Waals surface area contributed by atoms with Crippen LogP contribution in [-0.2, 0) is 4.79 Å². The zero-order valence-electron chi connectivity index (χ0n) is 10.7. The molecule has 1 aromatic rings. The first-order valence-corrected chi connectivity index (χ1v) is 7.82. The third kappa shape index (κ3) is 4.41. The molecule has 0 spiro atoms. The van der Waals surface area contributed by atoms with E-state index in [1.165, 1.54) is 11.8 Å². The van der Waals surface area contributed by atoms with Gasteiger partial charge in [0.2, 0.25) is 5.91 Å². The average Bonchev–Trinajstić information content (AvgIpc) is 2.46. The van der Waals surface area contributed by atoms with E-state index in [2.05, 4.69) is 0 Å². The third-order valence-electron chi connectivity index (χ3n) is 3.31. The smallest absolute Gasteiger partial charge is 0.232 e. The van der Waals surface area contributed by atoms with Gasteiger partial charge in [-0.2, -0.15) is 0 Å². The van der Waals surface area contributed by atoms with Gasteiger partial charge in [0, 0.05) is 29.6 Å². The summed E-state index contributed by atoms with van der Waals surface area (Å²) in [7, 11) is 0. The summed E-state index contributed by atoms with van der Waals surface area (Å²) in [4.78, 5) is 15.0. The number of thioether (sulfide) groups is 1. The average molecular weight is 300 g/mol. The fourth-order valence-corrected chi connectivity index (χ4v) is 3.14. The zero-order valence-corrected chi connectivity index (χ0v) is 12.3. The molecule has 1 unspecified atom stereocenters. The van der Waals surface area contributed by atoms with E-state index in [0.29, 0.717) is 17.3 Å². The lowest BCUT2D eigenvalue weighted by Gasteiger charge is -2.31. The van der Waals surface area contributed by atoms with Crippen molar-refractivity contribution in [1.82, 2.24) is 4.90 Å². The quantitative estimate of drug-likeness (QED) is 0.869. The number of hydrogen-bond donors (Lipinski definition) is 1. The molecule has 0 saturated carbocycles. The molecule has 3 nitrogen and oxygen atoms in total. The van der Waals surface area contributed by atoms with Crippen molar-refractivity contribution in [3.63, 3.8) is 0 Å². The van der Waals surface area contributed by atoms with Gasteiger partial charge in [0.15, 0.2) is 0 Å². The van der Waals surface area contributed by atoms with E-state index in [1.807, 2.05) is 29.2 Å². The molecule has 0 aromatic heterocycles. The highest BCUT2D eigenvalue weighted by molar-refractivity contribution is 8.00. The minimum absolute atomic E-state index is 0.151. The normalized spacial score (nSPS) is 19.5. The Bertz CT molecular complexity index is 424. The number of piperidine rings is 1. The van der Waals surface area contributed by atoms with Crippen LogP contribution < -0.4 is 0 Å². The molecule has 1 atom stereocenters. The lowest BCUT2D eigenvalue weighted by molar-refractivity contribution is -0.130. The number of benzene rings is 1. The largest absolute Gasteiger partial charge is 0.396 e. The zero-order chi connectivity index (χ0) is 13.7. The molecule has 0 radical (unpaired) electrons. The molecule has 1 aliphatic heterocycles. The molecular weight excluding hydrogens is 282 g/mol. The minimum atomic E-state index is 0.151. The standard InChI is InChI=1S/C14H18ClNO2S/c15-12-3-5-13(6-4-12)19-10-14(18)16-7-1-2-11(8-16)9-17/h3-6,11,17H,1-2,7-10H2.